The predicted molar refractivity (Wildman–Crippen MR) is 56.9 cm³/mol. The number of unbranched alkanes of at least 4 members (excludes halogenated alkanes) is 1. The second-order valence-corrected chi connectivity index (χ2v) is 4.63. The van der Waals surface area contributed by atoms with Gasteiger partial charge in [0.1, 0.15) is 5.41 Å². The summed E-state index contributed by atoms with van der Waals surface area (Å²) in [6.07, 6.45) is 1.27. The molecule has 0 spiro atoms. The van der Waals surface area contributed by atoms with Crippen LogP contribution in [0.2, 0.25) is 0 Å². The minimum absolute atomic E-state index is 0.0595. The maximum Gasteiger partial charge on any atom is 0.303 e. The third kappa shape index (κ3) is 2.59. The van der Waals surface area contributed by atoms with Crippen LogP contribution < -0.4 is 0 Å². The zero-order valence-corrected chi connectivity index (χ0v) is 9.65. The number of hydrogen-bond acceptors (Lipinski definition) is 3. The van der Waals surface area contributed by atoms with Crippen LogP contribution >= 0.6 is 0 Å². The molecule has 0 radical (unpaired) electrons. The molecule has 0 aromatic carbocycles. The number of ketones is 1. The number of carbonyl (C=O) groups is 3. The maximum absolute atomic E-state index is 11.8. The van der Waals surface area contributed by atoms with Crippen LogP contribution in [-0.2, 0) is 14.4 Å². The number of amides is 1. The molecule has 0 aromatic rings. The minimum atomic E-state index is -0.896. The van der Waals surface area contributed by atoms with Gasteiger partial charge in [-0.15, -0.1) is 0 Å². The van der Waals surface area contributed by atoms with Gasteiger partial charge >= 0.3 is 5.97 Å². The van der Waals surface area contributed by atoms with Crippen molar-refractivity contribution in [1.82, 2.24) is 4.90 Å². The molecule has 1 heterocycles. The van der Waals surface area contributed by atoms with Crippen molar-refractivity contribution in [3.05, 3.63) is 0 Å². The summed E-state index contributed by atoms with van der Waals surface area (Å²) in [5.41, 5.74) is -0.896. The summed E-state index contributed by atoms with van der Waals surface area (Å²) < 4.78 is 0. The Bertz CT molecular complexity index is 322. The molecule has 1 rings (SSSR count). The van der Waals surface area contributed by atoms with E-state index in [1.807, 2.05) is 0 Å². The molecule has 0 unspecified atom stereocenters. The summed E-state index contributed by atoms with van der Waals surface area (Å²) in [6, 6.07) is 0. The van der Waals surface area contributed by atoms with Crippen molar-refractivity contribution < 1.29 is 19.5 Å². The van der Waals surface area contributed by atoms with E-state index in [0.717, 1.165) is 0 Å². The SMILES string of the molecule is CC1(C)C(=O)CN(CCCCC(=O)O)C1=O. The fourth-order valence-corrected chi connectivity index (χ4v) is 1.72. The van der Waals surface area contributed by atoms with Gasteiger partial charge in [0.25, 0.3) is 0 Å². The van der Waals surface area contributed by atoms with E-state index in [2.05, 4.69) is 0 Å². The van der Waals surface area contributed by atoms with Gasteiger partial charge in [-0.25, -0.2) is 0 Å². The third-order valence-electron chi connectivity index (χ3n) is 2.92. The molecule has 0 aromatic heterocycles. The van der Waals surface area contributed by atoms with Crippen molar-refractivity contribution in [3.63, 3.8) is 0 Å². The largest absolute Gasteiger partial charge is 0.481 e. The lowest BCUT2D eigenvalue weighted by Crippen LogP contribution is -2.32. The average Bonchev–Trinajstić information content (AvgIpc) is 2.37. The highest BCUT2D eigenvalue weighted by Gasteiger charge is 2.45. The first kappa shape index (κ1) is 12.7. The quantitative estimate of drug-likeness (QED) is 0.553. The lowest BCUT2D eigenvalue weighted by Gasteiger charge is -2.17. The van der Waals surface area contributed by atoms with Crippen molar-refractivity contribution in [2.45, 2.75) is 33.1 Å². The molecular weight excluding hydrogens is 210 g/mol. The highest BCUT2D eigenvalue weighted by atomic mass is 16.4. The second kappa shape index (κ2) is 4.63. The van der Waals surface area contributed by atoms with E-state index in [0.29, 0.717) is 19.4 Å². The number of carboxylic acid groups (broad SMARTS) is 1. The van der Waals surface area contributed by atoms with E-state index < -0.39 is 11.4 Å². The Balaban J connectivity index is 2.38. The van der Waals surface area contributed by atoms with E-state index in [1.165, 1.54) is 4.90 Å². The monoisotopic (exact) mass is 227 g/mol. The average molecular weight is 227 g/mol. The zero-order chi connectivity index (χ0) is 12.3. The molecule has 0 bridgehead atoms. The molecule has 1 aliphatic heterocycles. The smallest absolute Gasteiger partial charge is 0.303 e. The summed E-state index contributed by atoms with van der Waals surface area (Å²) in [4.78, 5) is 35.1. The Labute approximate surface area is 94.4 Å². The Morgan fingerprint density at radius 2 is 2.00 bits per heavy atom. The number of carbonyl (C=O) groups excluding carboxylic acids is 2. The Kier molecular flexibility index (Phi) is 3.67. The van der Waals surface area contributed by atoms with Gasteiger partial charge in [0.2, 0.25) is 5.91 Å². The topological polar surface area (TPSA) is 74.7 Å². The van der Waals surface area contributed by atoms with Crippen molar-refractivity contribution in [3.8, 4) is 0 Å². The van der Waals surface area contributed by atoms with Crippen molar-refractivity contribution >= 4 is 17.7 Å². The van der Waals surface area contributed by atoms with Crippen molar-refractivity contribution in [2.24, 2.45) is 5.41 Å². The molecule has 1 saturated heterocycles. The first-order chi connectivity index (χ1) is 7.35. The fraction of sp³-hybridized carbons (Fsp3) is 0.727. The van der Waals surface area contributed by atoms with E-state index in [-0.39, 0.29) is 24.7 Å². The molecule has 16 heavy (non-hydrogen) atoms. The van der Waals surface area contributed by atoms with Gasteiger partial charge in [-0.2, -0.15) is 0 Å². The lowest BCUT2D eigenvalue weighted by molar-refractivity contribution is -0.137. The molecule has 5 heteroatoms. The number of rotatable bonds is 5. The van der Waals surface area contributed by atoms with Crippen LogP contribution in [0.1, 0.15) is 33.1 Å². The highest BCUT2D eigenvalue weighted by molar-refractivity contribution is 6.11. The number of aliphatic carboxylic acids is 1. The number of likely N-dealkylation sites (tertiary alicyclic amines) is 1. The Hall–Kier alpha value is -1.39. The van der Waals surface area contributed by atoms with Gasteiger partial charge in [-0.05, 0) is 26.7 Å². The molecule has 0 saturated carbocycles. The van der Waals surface area contributed by atoms with Crippen LogP contribution in [0.5, 0.6) is 0 Å². The molecule has 0 aliphatic carbocycles. The van der Waals surface area contributed by atoms with Gasteiger partial charge in [0.05, 0.1) is 6.54 Å². The minimum Gasteiger partial charge on any atom is -0.481 e. The van der Waals surface area contributed by atoms with Gasteiger partial charge in [0, 0.05) is 13.0 Å². The number of nitrogens with zero attached hydrogens (tertiary/aromatic N) is 1. The summed E-state index contributed by atoms with van der Waals surface area (Å²) in [7, 11) is 0. The number of carboxylic acids is 1. The normalized spacial score (nSPS) is 19.2. The highest BCUT2D eigenvalue weighted by Crippen LogP contribution is 2.27. The van der Waals surface area contributed by atoms with Gasteiger partial charge in [-0.1, -0.05) is 0 Å². The Morgan fingerprint density at radius 3 is 2.44 bits per heavy atom. The predicted octanol–water partition coefficient (Wildman–Crippen LogP) is 0.679. The molecule has 1 amide bonds. The third-order valence-corrected chi connectivity index (χ3v) is 2.92. The number of hydrogen-bond donors (Lipinski definition) is 1. The van der Waals surface area contributed by atoms with Crippen LogP contribution in [0.15, 0.2) is 0 Å². The summed E-state index contributed by atoms with van der Waals surface area (Å²) in [6.45, 7) is 3.91. The van der Waals surface area contributed by atoms with Gasteiger partial charge in [-0.3, -0.25) is 14.4 Å². The van der Waals surface area contributed by atoms with Crippen molar-refractivity contribution in [2.75, 3.05) is 13.1 Å². The number of Topliss-reactive ketones (excluding diaryl/α,β-unsaturated/α-hetero) is 1. The standard InChI is InChI=1S/C11H17NO4/c1-11(2)8(13)7-12(10(11)16)6-4-3-5-9(14)15/h3-7H2,1-2H3,(H,14,15). The van der Waals surface area contributed by atoms with Crippen molar-refractivity contribution in [1.29, 1.82) is 0 Å². The van der Waals surface area contributed by atoms with Crippen LogP contribution in [-0.4, -0.2) is 40.8 Å². The molecule has 5 nitrogen and oxygen atoms in total. The molecule has 1 fully saturated rings. The maximum atomic E-state index is 11.8. The molecule has 90 valence electrons. The summed E-state index contributed by atoms with van der Waals surface area (Å²) in [5, 5.41) is 8.45. The Morgan fingerprint density at radius 1 is 1.38 bits per heavy atom. The van der Waals surface area contributed by atoms with Gasteiger partial charge < -0.3 is 10.0 Å². The summed E-state index contributed by atoms with van der Waals surface area (Å²) in [5.74, 6) is -1.03. The molecular formula is C11H17NO4. The molecule has 0 atom stereocenters. The second-order valence-electron chi connectivity index (χ2n) is 4.63. The molecule has 1 aliphatic rings. The van der Waals surface area contributed by atoms with E-state index in [9.17, 15) is 14.4 Å². The first-order valence-electron chi connectivity index (χ1n) is 5.40. The fourth-order valence-electron chi connectivity index (χ4n) is 1.72. The summed E-state index contributed by atoms with van der Waals surface area (Å²) >= 11 is 0. The van der Waals surface area contributed by atoms with Crippen LogP contribution in [0, 0.1) is 5.41 Å². The van der Waals surface area contributed by atoms with E-state index in [1.54, 1.807) is 13.8 Å². The van der Waals surface area contributed by atoms with Gasteiger partial charge in [0.15, 0.2) is 5.78 Å². The van der Waals surface area contributed by atoms with Crippen LogP contribution in [0.3, 0.4) is 0 Å². The van der Waals surface area contributed by atoms with E-state index in [4.69, 9.17) is 5.11 Å². The molecule has 1 N–H and O–H groups in total. The zero-order valence-electron chi connectivity index (χ0n) is 9.65. The first-order valence-corrected chi connectivity index (χ1v) is 5.40. The van der Waals surface area contributed by atoms with Crippen LogP contribution in [0.4, 0.5) is 0 Å². The van der Waals surface area contributed by atoms with E-state index >= 15 is 0 Å². The van der Waals surface area contributed by atoms with Crippen LogP contribution in [0.25, 0.3) is 0 Å². The lowest BCUT2D eigenvalue weighted by atomic mass is 9.91.